The zero-order valence-corrected chi connectivity index (χ0v) is 25.7. The Morgan fingerprint density at radius 3 is 2.51 bits per heavy atom. The largest absolute Gasteiger partial charge is 0.446 e. The first-order chi connectivity index (χ1) is 20.0. The molecule has 1 aromatic heterocycles. The molecule has 0 radical (unpaired) electrons. The van der Waals surface area contributed by atoms with Gasteiger partial charge in [-0.1, -0.05) is 74.4 Å². The molecule has 1 amide bonds. The minimum Gasteiger partial charge on any atom is -0.446 e. The summed E-state index contributed by atoms with van der Waals surface area (Å²) in [5, 5.41) is 0. The van der Waals surface area contributed by atoms with E-state index in [4.69, 9.17) is 17.0 Å². The second-order valence-electron chi connectivity index (χ2n) is 10.0. The zero-order valence-electron chi connectivity index (χ0n) is 23.3. The lowest BCUT2D eigenvalue weighted by atomic mass is 10.0. The first kappa shape index (κ1) is 29.3. The number of unbranched alkanes of at least 4 members (excludes halogenated alkanes) is 3. The van der Waals surface area contributed by atoms with Crippen LogP contribution in [0.3, 0.4) is 0 Å². The van der Waals surface area contributed by atoms with E-state index < -0.39 is 0 Å². The number of hydrogen-bond donors (Lipinski definition) is 0. The van der Waals surface area contributed by atoms with Crippen molar-refractivity contribution in [1.29, 1.82) is 0 Å². The van der Waals surface area contributed by atoms with Crippen molar-refractivity contribution in [3.63, 3.8) is 0 Å². The fourth-order valence-electron chi connectivity index (χ4n) is 5.34. The molecule has 0 aliphatic carbocycles. The van der Waals surface area contributed by atoms with Crippen molar-refractivity contribution in [3.8, 4) is 0 Å². The summed E-state index contributed by atoms with van der Waals surface area (Å²) < 4.78 is 7.64. The van der Waals surface area contributed by atoms with E-state index in [0.29, 0.717) is 31.4 Å². The maximum Gasteiger partial charge on any atom is 0.294 e. The number of ether oxygens (including phenoxy) is 1. The summed E-state index contributed by atoms with van der Waals surface area (Å²) in [6.45, 7) is 5.52. The second-order valence-corrected chi connectivity index (χ2v) is 12.7. The van der Waals surface area contributed by atoms with Crippen LogP contribution in [0.4, 0.5) is 11.4 Å². The Morgan fingerprint density at radius 1 is 0.976 bits per heavy atom. The average molecular weight is 608 g/mol. The van der Waals surface area contributed by atoms with Crippen molar-refractivity contribution in [3.05, 3.63) is 78.7 Å². The van der Waals surface area contributed by atoms with Crippen LogP contribution in [0, 0.1) is 0 Å². The number of thiocarbonyl (C=S) groups is 1. The number of carbonyl (C=O) groups is 2. The molecule has 0 spiro atoms. The molecular weight excluding hydrogens is 575 g/mol. The van der Waals surface area contributed by atoms with Gasteiger partial charge >= 0.3 is 0 Å². The Labute approximate surface area is 253 Å². The first-order valence-corrected chi connectivity index (χ1v) is 16.0. The van der Waals surface area contributed by atoms with Gasteiger partial charge in [0, 0.05) is 24.5 Å². The molecule has 3 aromatic rings. The van der Waals surface area contributed by atoms with Crippen LogP contribution in [-0.4, -0.2) is 39.3 Å². The molecule has 7 nitrogen and oxygen atoms in total. The molecule has 2 aliphatic rings. The molecule has 0 N–H and O–H groups in total. The third kappa shape index (κ3) is 6.05. The molecule has 5 rings (SSSR count). The number of amides is 1. The highest BCUT2D eigenvalue weighted by atomic mass is 32.2. The number of thioether (sulfide) groups is 1. The Balaban J connectivity index is 1.57. The number of hydrogen-bond acceptors (Lipinski definition) is 8. The topological polar surface area (TPSA) is 71.8 Å². The summed E-state index contributed by atoms with van der Waals surface area (Å²) in [6, 6.07) is 15.0. The second kappa shape index (κ2) is 13.2. The molecule has 0 unspecified atom stereocenters. The lowest BCUT2D eigenvalue weighted by Gasteiger charge is -2.27. The average Bonchev–Trinajstić information content (AvgIpc) is 3.38. The van der Waals surface area contributed by atoms with E-state index >= 15 is 0 Å². The number of benzene rings is 2. The summed E-state index contributed by atoms with van der Waals surface area (Å²) in [7, 11) is 0. The van der Waals surface area contributed by atoms with Gasteiger partial charge in [-0.15, -0.1) is 11.3 Å². The number of rotatable bonds is 10. The highest BCUT2D eigenvalue weighted by Crippen LogP contribution is 2.37. The Bertz CT molecular complexity index is 1660. The molecule has 214 valence electrons. The molecule has 0 atom stereocenters. The van der Waals surface area contributed by atoms with Gasteiger partial charge in [0.05, 0.1) is 4.53 Å². The maximum atomic E-state index is 13.5. The van der Waals surface area contributed by atoms with Crippen molar-refractivity contribution in [2.45, 2.75) is 59.1 Å². The van der Waals surface area contributed by atoms with E-state index in [1.807, 2.05) is 19.1 Å². The summed E-state index contributed by atoms with van der Waals surface area (Å²) >= 11 is 7.77. The number of fused-ring (bicyclic) bond motifs is 2. The standard InChI is InChI=1S/C31H33N3O4S3/c1-3-5-6-9-16-33-24-11-8-7-10-22(24)13-14-23-17-21(12-15-25(23)33)18-26-28(36)34(19-38-20-35)30(40-26)27-29(37)32(4-2)31(39)41-27/h7-8,10-12,15,17-18,20H,3-6,9,13-14,16,19H2,1-2H3. The number of aryl methyl sites for hydroxylation is 2. The smallest absolute Gasteiger partial charge is 0.294 e. The number of para-hydroxylation sites is 1. The first-order valence-electron chi connectivity index (χ1n) is 14.0. The van der Waals surface area contributed by atoms with Crippen molar-refractivity contribution < 1.29 is 14.3 Å². The fraction of sp³-hybridized carbons (Fsp3) is 0.355. The third-order valence-corrected chi connectivity index (χ3v) is 10.1. The van der Waals surface area contributed by atoms with Crippen molar-refractivity contribution in [2.24, 2.45) is 0 Å². The molecule has 41 heavy (non-hydrogen) atoms. The van der Waals surface area contributed by atoms with Crippen LogP contribution >= 0.6 is 35.3 Å². The number of thiazole rings is 1. The van der Waals surface area contributed by atoms with Crippen LogP contribution in [-0.2, 0) is 33.9 Å². The van der Waals surface area contributed by atoms with E-state index in [-0.39, 0.29) is 18.2 Å². The lowest BCUT2D eigenvalue weighted by molar-refractivity contribution is -0.132. The van der Waals surface area contributed by atoms with Crippen LogP contribution in [0.5, 0.6) is 0 Å². The van der Waals surface area contributed by atoms with Crippen LogP contribution in [0.2, 0.25) is 0 Å². The van der Waals surface area contributed by atoms with Gasteiger partial charge in [0.2, 0.25) is 0 Å². The quantitative estimate of drug-likeness (QED) is 0.188. The molecule has 2 aromatic carbocycles. The Hall–Kier alpha value is -3.21. The van der Waals surface area contributed by atoms with Gasteiger partial charge in [-0.25, -0.2) is 0 Å². The van der Waals surface area contributed by atoms with Crippen molar-refractivity contribution in [2.75, 3.05) is 18.0 Å². The van der Waals surface area contributed by atoms with Crippen LogP contribution in [0.1, 0.15) is 56.2 Å². The number of carbonyl (C=O) groups excluding carboxylic acids is 2. The monoisotopic (exact) mass is 607 g/mol. The van der Waals surface area contributed by atoms with E-state index in [0.717, 1.165) is 31.4 Å². The van der Waals surface area contributed by atoms with Gasteiger partial charge in [-0.05, 0) is 67.2 Å². The molecule has 2 aliphatic heterocycles. The van der Waals surface area contributed by atoms with Gasteiger partial charge in [-0.3, -0.25) is 23.9 Å². The number of anilines is 2. The predicted molar refractivity (Wildman–Crippen MR) is 171 cm³/mol. The van der Waals surface area contributed by atoms with Gasteiger partial charge in [0.15, 0.2) is 6.73 Å². The van der Waals surface area contributed by atoms with Crippen LogP contribution in [0.25, 0.3) is 11.0 Å². The molecule has 1 fully saturated rings. The zero-order chi connectivity index (χ0) is 28.9. The summed E-state index contributed by atoms with van der Waals surface area (Å²) in [6.07, 6.45) is 8.48. The number of aromatic nitrogens is 1. The van der Waals surface area contributed by atoms with Gasteiger partial charge in [0.1, 0.15) is 13.9 Å². The van der Waals surface area contributed by atoms with E-state index in [1.165, 1.54) is 74.3 Å². The molecule has 0 bridgehead atoms. The molecule has 3 heterocycles. The van der Waals surface area contributed by atoms with Crippen molar-refractivity contribution in [1.82, 2.24) is 9.47 Å². The van der Waals surface area contributed by atoms with Crippen LogP contribution < -0.4 is 19.7 Å². The highest BCUT2D eigenvalue weighted by Gasteiger charge is 2.33. The van der Waals surface area contributed by atoms with E-state index in [9.17, 15) is 14.4 Å². The normalized spacial score (nSPS) is 16.6. The van der Waals surface area contributed by atoms with Crippen LogP contribution in [0.15, 0.2) is 47.3 Å². The summed E-state index contributed by atoms with van der Waals surface area (Å²) in [5.41, 5.74) is 5.68. The summed E-state index contributed by atoms with van der Waals surface area (Å²) in [5.74, 6) is -0.237. The van der Waals surface area contributed by atoms with Crippen molar-refractivity contribution >= 4 is 74.4 Å². The SMILES string of the molecule is CCCCCCN1c2ccccc2CCc2cc(C=c3sc(=C4SC(=S)N(CC)C4=O)n(COC=O)c3=O)ccc21. The predicted octanol–water partition coefficient (Wildman–Crippen LogP) is 4.67. The minimum absolute atomic E-state index is 0.237. The van der Waals surface area contributed by atoms with Gasteiger partial charge in [-0.2, -0.15) is 0 Å². The molecule has 0 saturated carbocycles. The minimum atomic E-state index is -0.312. The van der Waals surface area contributed by atoms with Gasteiger partial charge < -0.3 is 9.64 Å². The maximum absolute atomic E-state index is 13.5. The molecule has 10 heteroatoms. The Morgan fingerprint density at radius 2 is 1.76 bits per heavy atom. The lowest BCUT2D eigenvalue weighted by Crippen LogP contribution is -2.34. The third-order valence-electron chi connectivity index (χ3n) is 7.41. The highest BCUT2D eigenvalue weighted by molar-refractivity contribution is 8.30. The number of nitrogens with zero attached hydrogens (tertiary/aromatic N) is 3. The molecule has 1 saturated heterocycles. The fourth-order valence-corrected chi connectivity index (χ4v) is 7.97. The summed E-state index contributed by atoms with van der Waals surface area (Å²) in [4.78, 5) is 41.8. The van der Waals surface area contributed by atoms with E-state index in [2.05, 4.69) is 48.2 Å². The van der Waals surface area contributed by atoms with Gasteiger partial charge in [0.25, 0.3) is 17.9 Å². The molecular formula is C31H33N3O4S3. The van der Waals surface area contributed by atoms with E-state index in [1.54, 1.807) is 0 Å². The Kier molecular flexibility index (Phi) is 9.42.